The number of hydrogen-bond acceptors (Lipinski definition) is 3. The zero-order valence-electron chi connectivity index (χ0n) is 12.3. The average Bonchev–Trinajstić information content (AvgIpc) is 2.52. The summed E-state index contributed by atoms with van der Waals surface area (Å²) in [6.07, 6.45) is 0. The first-order valence-corrected chi connectivity index (χ1v) is 7.05. The molecule has 2 rings (SSSR count). The Bertz CT molecular complexity index is 674. The number of rotatable bonds is 7. The van der Waals surface area contributed by atoms with Gasteiger partial charge in [-0.15, -0.1) is 0 Å². The van der Waals surface area contributed by atoms with E-state index in [1.165, 1.54) is 30.3 Å². The van der Waals surface area contributed by atoms with Crippen LogP contribution >= 0.6 is 0 Å². The van der Waals surface area contributed by atoms with E-state index in [2.05, 4.69) is 0 Å². The molecule has 0 bridgehead atoms. The topological polar surface area (TPSA) is 40.5 Å². The van der Waals surface area contributed by atoms with Crippen molar-refractivity contribution >= 4 is 5.78 Å². The number of aliphatic hydroxyl groups is 1. The minimum atomic E-state index is -0.962. The van der Waals surface area contributed by atoms with Gasteiger partial charge < -0.3 is 5.11 Å². The first-order valence-electron chi connectivity index (χ1n) is 7.05. The maximum Gasteiger partial charge on any atom is 0.176 e. The van der Waals surface area contributed by atoms with Crippen LogP contribution in [0.3, 0.4) is 0 Å². The Kier molecular flexibility index (Phi) is 5.90. The van der Waals surface area contributed by atoms with Crippen LogP contribution in [0.4, 0.5) is 13.2 Å². The predicted molar refractivity (Wildman–Crippen MR) is 79.5 cm³/mol. The molecular formula is C17H16F3NO2. The Morgan fingerprint density at radius 3 is 2.30 bits per heavy atom. The van der Waals surface area contributed by atoms with Crippen molar-refractivity contribution < 1.29 is 23.1 Å². The Morgan fingerprint density at radius 1 is 1.00 bits per heavy atom. The van der Waals surface area contributed by atoms with Crippen LogP contribution in [-0.4, -0.2) is 35.5 Å². The monoisotopic (exact) mass is 323 g/mol. The molecule has 0 aromatic heterocycles. The summed E-state index contributed by atoms with van der Waals surface area (Å²) in [4.78, 5) is 13.8. The molecule has 2 aromatic carbocycles. The van der Waals surface area contributed by atoms with E-state index in [1.54, 1.807) is 4.90 Å². The molecule has 0 spiro atoms. The molecule has 0 saturated carbocycles. The molecule has 0 saturated heterocycles. The summed E-state index contributed by atoms with van der Waals surface area (Å²) in [5.41, 5.74) is 0.837. The Morgan fingerprint density at radius 2 is 1.70 bits per heavy atom. The molecule has 0 atom stereocenters. The van der Waals surface area contributed by atoms with Crippen LogP contribution < -0.4 is 0 Å². The first kappa shape index (κ1) is 17.2. The molecule has 1 N–H and O–H groups in total. The van der Waals surface area contributed by atoms with Crippen molar-refractivity contribution in [1.82, 2.24) is 4.90 Å². The molecule has 2 aromatic rings. The second-order valence-corrected chi connectivity index (χ2v) is 5.11. The number of benzene rings is 2. The molecule has 6 heteroatoms. The summed E-state index contributed by atoms with van der Waals surface area (Å²) in [6, 6.07) is 8.65. The van der Waals surface area contributed by atoms with Gasteiger partial charge in [-0.05, 0) is 42.0 Å². The summed E-state index contributed by atoms with van der Waals surface area (Å²) in [6.45, 7) is 0.183. The molecule has 0 aliphatic rings. The number of hydrogen-bond donors (Lipinski definition) is 1. The summed E-state index contributed by atoms with van der Waals surface area (Å²) >= 11 is 0. The average molecular weight is 323 g/mol. The van der Waals surface area contributed by atoms with E-state index in [0.717, 1.165) is 12.1 Å². The zero-order valence-corrected chi connectivity index (χ0v) is 12.3. The van der Waals surface area contributed by atoms with Gasteiger partial charge in [-0.2, -0.15) is 0 Å². The quantitative estimate of drug-likeness (QED) is 0.797. The molecule has 3 nitrogen and oxygen atoms in total. The fraction of sp³-hybridized carbons (Fsp3) is 0.235. The normalized spacial score (nSPS) is 11.0. The lowest BCUT2D eigenvalue weighted by Crippen LogP contribution is -2.32. The van der Waals surface area contributed by atoms with Crippen molar-refractivity contribution in [3.8, 4) is 0 Å². The van der Waals surface area contributed by atoms with Gasteiger partial charge in [-0.3, -0.25) is 9.69 Å². The fourth-order valence-electron chi connectivity index (χ4n) is 2.18. The minimum absolute atomic E-state index is 0.0226. The van der Waals surface area contributed by atoms with Crippen molar-refractivity contribution in [2.45, 2.75) is 6.54 Å². The molecule has 0 radical (unpaired) electrons. The van der Waals surface area contributed by atoms with E-state index in [0.29, 0.717) is 11.1 Å². The van der Waals surface area contributed by atoms with Crippen molar-refractivity contribution in [3.63, 3.8) is 0 Å². The lowest BCUT2D eigenvalue weighted by molar-refractivity contribution is 0.0908. The van der Waals surface area contributed by atoms with E-state index >= 15 is 0 Å². The maximum absolute atomic E-state index is 13.2. The van der Waals surface area contributed by atoms with Crippen LogP contribution in [0.2, 0.25) is 0 Å². The highest BCUT2D eigenvalue weighted by molar-refractivity contribution is 5.97. The highest BCUT2D eigenvalue weighted by Gasteiger charge is 2.14. The third-order valence-corrected chi connectivity index (χ3v) is 3.34. The van der Waals surface area contributed by atoms with Gasteiger partial charge in [0.15, 0.2) is 17.4 Å². The van der Waals surface area contributed by atoms with E-state index in [9.17, 15) is 18.0 Å². The minimum Gasteiger partial charge on any atom is -0.395 e. The van der Waals surface area contributed by atoms with Crippen molar-refractivity contribution in [2.24, 2.45) is 0 Å². The number of Topliss-reactive ketones (excluding diaryl/α,β-unsaturated/α-hetero) is 1. The number of aliphatic hydroxyl groups excluding tert-OH is 1. The number of halogens is 3. The van der Waals surface area contributed by atoms with Crippen LogP contribution in [0.5, 0.6) is 0 Å². The number of ketones is 1. The maximum atomic E-state index is 13.2. The van der Waals surface area contributed by atoms with E-state index in [4.69, 9.17) is 5.11 Å². The largest absolute Gasteiger partial charge is 0.395 e. The molecule has 0 aliphatic heterocycles. The standard InChI is InChI=1S/C17H16F3NO2/c18-14-4-2-13(3-5-14)17(23)11-21(7-8-22)10-12-1-6-15(19)16(20)9-12/h1-6,9,22H,7-8,10-11H2. The number of carbonyl (C=O) groups excluding carboxylic acids is 1. The summed E-state index contributed by atoms with van der Waals surface area (Å²) < 4.78 is 39.0. The Labute approximate surface area is 132 Å². The van der Waals surface area contributed by atoms with Crippen LogP contribution in [-0.2, 0) is 6.54 Å². The Hall–Kier alpha value is -2.18. The van der Waals surface area contributed by atoms with Crippen molar-refractivity contribution in [2.75, 3.05) is 19.7 Å². The highest BCUT2D eigenvalue weighted by Crippen LogP contribution is 2.12. The zero-order chi connectivity index (χ0) is 16.8. The van der Waals surface area contributed by atoms with Gasteiger partial charge in [0, 0.05) is 18.7 Å². The Balaban J connectivity index is 2.07. The van der Waals surface area contributed by atoms with Gasteiger partial charge in [-0.1, -0.05) is 6.07 Å². The van der Waals surface area contributed by atoms with Gasteiger partial charge in [-0.25, -0.2) is 13.2 Å². The SMILES string of the molecule is O=C(CN(CCO)Cc1ccc(F)c(F)c1)c1ccc(F)cc1. The third-order valence-electron chi connectivity index (χ3n) is 3.34. The molecule has 0 heterocycles. The molecule has 0 unspecified atom stereocenters. The fourth-order valence-corrected chi connectivity index (χ4v) is 2.18. The van der Waals surface area contributed by atoms with Crippen LogP contribution in [0.15, 0.2) is 42.5 Å². The number of nitrogens with zero attached hydrogens (tertiary/aromatic N) is 1. The van der Waals surface area contributed by atoms with Gasteiger partial charge >= 0.3 is 0 Å². The third kappa shape index (κ3) is 4.91. The van der Waals surface area contributed by atoms with Gasteiger partial charge in [0.1, 0.15) is 5.82 Å². The van der Waals surface area contributed by atoms with Crippen molar-refractivity contribution in [1.29, 1.82) is 0 Å². The first-order chi connectivity index (χ1) is 11.0. The van der Waals surface area contributed by atoms with Gasteiger partial charge in [0.25, 0.3) is 0 Å². The van der Waals surface area contributed by atoms with Crippen LogP contribution in [0, 0.1) is 17.5 Å². The highest BCUT2D eigenvalue weighted by atomic mass is 19.2. The summed E-state index contributed by atoms with van der Waals surface area (Å²) in [7, 11) is 0. The summed E-state index contributed by atoms with van der Waals surface area (Å²) in [5, 5.41) is 9.10. The molecule has 0 aliphatic carbocycles. The summed E-state index contributed by atoms with van der Waals surface area (Å²) in [5.74, 6) is -2.59. The van der Waals surface area contributed by atoms with Crippen LogP contribution in [0.1, 0.15) is 15.9 Å². The van der Waals surface area contributed by atoms with E-state index in [1.807, 2.05) is 0 Å². The second kappa shape index (κ2) is 7.89. The lowest BCUT2D eigenvalue weighted by Gasteiger charge is -2.20. The van der Waals surface area contributed by atoms with E-state index in [-0.39, 0.29) is 32.0 Å². The molecule has 0 fully saturated rings. The molecule has 122 valence electrons. The predicted octanol–water partition coefficient (Wildman–Crippen LogP) is 2.78. The van der Waals surface area contributed by atoms with E-state index < -0.39 is 17.5 Å². The smallest absolute Gasteiger partial charge is 0.176 e. The van der Waals surface area contributed by atoms with Crippen molar-refractivity contribution in [3.05, 3.63) is 71.0 Å². The number of carbonyl (C=O) groups is 1. The van der Waals surface area contributed by atoms with Gasteiger partial charge in [0.2, 0.25) is 0 Å². The molecule has 0 amide bonds. The van der Waals surface area contributed by atoms with Gasteiger partial charge in [0.05, 0.1) is 13.2 Å². The molecule has 23 heavy (non-hydrogen) atoms. The lowest BCUT2D eigenvalue weighted by atomic mass is 10.1. The molecular weight excluding hydrogens is 307 g/mol. The second-order valence-electron chi connectivity index (χ2n) is 5.11. The van der Waals surface area contributed by atoms with Crippen LogP contribution in [0.25, 0.3) is 0 Å².